The monoisotopic (exact) mass is 479 g/mol. The van der Waals surface area contributed by atoms with E-state index < -0.39 is 11.7 Å². The first kappa shape index (κ1) is 22.9. The molecule has 3 aliphatic rings. The van der Waals surface area contributed by atoms with E-state index in [-0.39, 0.29) is 29.5 Å². The van der Waals surface area contributed by atoms with Gasteiger partial charge in [-0.15, -0.1) is 5.11 Å². The highest BCUT2D eigenvalue weighted by Crippen LogP contribution is 2.27. The second-order valence-electron chi connectivity index (χ2n) is 9.00. The third-order valence-corrected chi connectivity index (χ3v) is 6.69. The minimum atomic E-state index is -0.602. The van der Waals surface area contributed by atoms with Gasteiger partial charge in [0.05, 0.1) is 17.3 Å². The summed E-state index contributed by atoms with van der Waals surface area (Å²) in [6, 6.07) is 3.93. The van der Waals surface area contributed by atoms with Crippen LogP contribution in [-0.2, 0) is 11.2 Å². The summed E-state index contributed by atoms with van der Waals surface area (Å²) in [4.78, 5) is 39.1. The Bertz CT molecular complexity index is 1200. The molecule has 0 spiro atoms. The smallest absolute Gasteiger partial charge is 0.292 e. The quantitative estimate of drug-likeness (QED) is 0.605. The topological polar surface area (TPSA) is 132 Å². The fourth-order valence-corrected chi connectivity index (χ4v) is 4.79. The van der Waals surface area contributed by atoms with E-state index in [4.69, 9.17) is 0 Å². The van der Waals surface area contributed by atoms with Gasteiger partial charge in [-0.05, 0) is 43.4 Å². The van der Waals surface area contributed by atoms with E-state index in [1.165, 1.54) is 18.3 Å². The first-order chi connectivity index (χ1) is 17.0. The van der Waals surface area contributed by atoms with Crippen molar-refractivity contribution in [3.63, 3.8) is 0 Å². The lowest BCUT2D eigenvalue weighted by molar-refractivity contribution is -0.115. The number of nitrogens with one attached hydrogen (secondary N) is 3. The molecule has 0 radical (unpaired) electrons. The predicted molar refractivity (Wildman–Crippen MR) is 123 cm³/mol. The maximum atomic E-state index is 14.6. The molecule has 3 N–H and O–H groups in total. The minimum absolute atomic E-state index is 0.0333. The lowest BCUT2D eigenvalue weighted by atomic mass is 9.93. The zero-order valence-electron chi connectivity index (χ0n) is 19.1. The Labute approximate surface area is 201 Å². The van der Waals surface area contributed by atoms with Gasteiger partial charge in [0.25, 0.3) is 17.7 Å². The molecule has 1 unspecified atom stereocenters. The molecule has 1 saturated heterocycles. The maximum absolute atomic E-state index is 14.6. The van der Waals surface area contributed by atoms with Gasteiger partial charge in [0, 0.05) is 49.6 Å². The number of aromatic amines is 1. The number of hydrogen-bond acceptors (Lipinski definition) is 6. The summed E-state index contributed by atoms with van der Waals surface area (Å²) < 4.78 is 14.6. The summed E-state index contributed by atoms with van der Waals surface area (Å²) in [5.41, 5.74) is 2.64. The van der Waals surface area contributed by atoms with Crippen molar-refractivity contribution >= 4 is 17.7 Å². The SMILES string of the molecule is O=C1N=NC(Cc2ccc(F)c(C(=O)NC3CCN(C(=O)c4cn[nH]c4)CC3)c2)C2=C1CCCN2. The first-order valence-corrected chi connectivity index (χ1v) is 11.8. The standard InChI is InChI=1S/C24H26FN7O3/c25-19-4-3-14(11-20-21-17(2-1-7-26-21)23(34)31-30-20)10-18(19)22(33)29-16-5-8-32(9-6-16)24(35)15-12-27-28-13-15/h3-4,10,12-13,16,20,26H,1-2,5-9,11H2,(H,27,28)(H,29,33). The molecule has 1 atom stereocenters. The number of nitrogens with zero attached hydrogens (tertiary/aromatic N) is 4. The van der Waals surface area contributed by atoms with Crippen molar-refractivity contribution in [1.82, 2.24) is 25.7 Å². The molecule has 1 fully saturated rings. The summed E-state index contributed by atoms with van der Waals surface area (Å²) in [6.07, 6.45) is 6.13. The number of amides is 3. The van der Waals surface area contributed by atoms with E-state index in [9.17, 15) is 18.8 Å². The van der Waals surface area contributed by atoms with Crippen LogP contribution in [0.3, 0.4) is 0 Å². The molecule has 0 aliphatic carbocycles. The Morgan fingerprint density at radius 2 is 2.06 bits per heavy atom. The normalized spacial score (nSPS) is 20.4. The molecule has 2 aromatic rings. The van der Waals surface area contributed by atoms with Gasteiger partial charge < -0.3 is 15.5 Å². The summed E-state index contributed by atoms with van der Waals surface area (Å²) in [7, 11) is 0. The van der Waals surface area contributed by atoms with Crippen LogP contribution in [0.2, 0.25) is 0 Å². The van der Waals surface area contributed by atoms with Crippen LogP contribution in [0, 0.1) is 5.82 Å². The molecule has 10 nitrogen and oxygen atoms in total. The van der Waals surface area contributed by atoms with Gasteiger partial charge in [-0.3, -0.25) is 19.5 Å². The van der Waals surface area contributed by atoms with Crippen molar-refractivity contribution in [1.29, 1.82) is 0 Å². The van der Waals surface area contributed by atoms with Crippen molar-refractivity contribution < 1.29 is 18.8 Å². The Hall–Kier alpha value is -3.89. The van der Waals surface area contributed by atoms with Crippen molar-refractivity contribution in [2.45, 2.75) is 44.2 Å². The van der Waals surface area contributed by atoms with Gasteiger partial charge >= 0.3 is 0 Å². The van der Waals surface area contributed by atoms with Crippen LogP contribution < -0.4 is 10.6 Å². The molecule has 1 aromatic heterocycles. The Morgan fingerprint density at radius 1 is 1.23 bits per heavy atom. The van der Waals surface area contributed by atoms with Crippen LogP contribution in [0.4, 0.5) is 4.39 Å². The summed E-state index contributed by atoms with van der Waals surface area (Å²) in [6.45, 7) is 1.75. The van der Waals surface area contributed by atoms with Crippen molar-refractivity contribution in [3.05, 3.63) is 64.4 Å². The highest BCUT2D eigenvalue weighted by Gasteiger charge is 2.30. The van der Waals surface area contributed by atoms with E-state index in [2.05, 4.69) is 31.1 Å². The van der Waals surface area contributed by atoms with Gasteiger partial charge in [0.1, 0.15) is 11.9 Å². The van der Waals surface area contributed by atoms with E-state index in [1.807, 2.05) is 0 Å². The third kappa shape index (κ3) is 4.84. The fraction of sp³-hybridized carbons (Fsp3) is 0.417. The molecule has 11 heteroatoms. The second kappa shape index (κ2) is 9.77. The predicted octanol–water partition coefficient (Wildman–Crippen LogP) is 2.12. The number of aromatic nitrogens is 2. The zero-order chi connectivity index (χ0) is 24.4. The zero-order valence-corrected chi connectivity index (χ0v) is 19.1. The van der Waals surface area contributed by atoms with Crippen LogP contribution in [-0.4, -0.2) is 64.5 Å². The fourth-order valence-electron chi connectivity index (χ4n) is 4.79. The lowest BCUT2D eigenvalue weighted by Gasteiger charge is -2.32. The largest absolute Gasteiger partial charge is 0.386 e. The average Bonchev–Trinajstić information content (AvgIpc) is 3.42. The number of likely N-dealkylation sites (tertiary alicyclic amines) is 1. The lowest BCUT2D eigenvalue weighted by Crippen LogP contribution is -2.46. The number of carbonyl (C=O) groups is 3. The highest BCUT2D eigenvalue weighted by atomic mass is 19.1. The second-order valence-corrected chi connectivity index (χ2v) is 9.00. The number of rotatable bonds is 5. The van der Waals surface area contributed by atoms with Crippen LogP contribution in [0.1, 0.15) is 52.0 Å². The summed E-state index contributed by atoms with van der Waals surface area (Å²) in [5, 5.41) is 20.5. The molecule has 3 aliphatic heterocycles. The van der Waals surface area contributed by atoms with Crippen LogP contribution in [0.25, 0.3) is 0 Å². The van der Waals surface area contributed by atoms with E-state index in [0.29, 0.717) is 49.9 Å². The van der Waals surface area contributed by atoms with Gasteiger partial charge in [0.15, 0.2) is 0 Å². The van der Waals surface area contributed by atoms with E-state index >= 15 is 0 Å². The highest BCUT2D eigenvalue weighted by molar-refractivity contribution is 5.96. The number of hydrogen-bond donors (Lipinski definition) is 3. The molecule has 35 heavy (non-hydrogen) atoms. The third-order valence-electron chi connectivity index (χ3n) is 6.69. The average molecular weight is 480 g/mol. The van der Waals surface area contributed by atoms with Crippen LogP contribution in [0.5, 0.6) is 0 Å². The molecule has 0 saturated carbocycles. The summed E-state index contributed by atoms with van der Waals surface area (Å²) >= 11 is 0. The molecule has 4 heterocycles. The first-order valence-electron chi connectivity index (χ1n) is 11.8. The van der Waals surface area contributed by atoms with Crippen molar-refractivity contribution in [2.24, 2.45) is 10.2 Å². The number of carbonyl (C=O) groups excluding carboxylic acids is 3. The van der Waals surface area contributed by atoms with Crippen LogP contribution >= 0.6 is 0 Å². The molecular formula is C24H26FN7O3. The number of benzene rings is 1. The van der Waals surface area contributed by atoms with Crippen molar-refractivity contribution in [2.75, 3.05) is 19.6 Å². The molecular weight excluding hydrogens is 453 g/mol. The van der Waals surface area contributed by atoms with E-state index in [1.54, 1.807) is 17.2 Å². The Kier molecular flexibility index (Phi) is 6.39. The number of H-pyrrole nitrogens is 1. The molecule has 1 aromatic carbocycles. The number of halogens is 1. The molecule has 0 bridgehead atoms. The van der Waals surface area contributed by atoms with E-state index in [0.717, 1.165) is 24.2 Å². The van der Waals surface area contributed by atoms with Crippen LogP contribution in [0.15, 0.2) is 52.1 Å². The summed E-state index contributed by atoms with van der Waals surface area (Å²) in [5.74, 6) is -1.50. The number of azo groups is 1. The molecule has 3 amide bonds. The van der Waals surface area contributed by atoms with Gasteiger partial charge in [-0.1, -0.05) is 6.07 Å². The van der Waals surface area contributed by atoms with Gasteiger partial charge in [-0.25, -0.2) is 4.39 Å². The van der Waals surface area contributed by atoms with Gasteiger partial charge in [-0.2, -0.15) is 10.2 Å². The Balaban J connectivity index is 1.22. The Morgan fingerprint density at radius 3 is 2.83 bits per heavy atom. The van der Waals surface area contributed by atoms with Gasteiger partial charge in [0.2, 0.25) is 0 Å². The number of piperidine rings is 1. The minimum Gasteiger partial charge on any atom is -0.386 e. The maximum Gasteiger partial charge on any atom is 0.292 e. The van der Waals surface area contributed by atoms with Crippen molar-refractivity contribution in [3.8, 4) is 0 Å². The molecule has 182 valence electrons. The molecule has 5 rings (SSSR count).